The lowest BCUT2D eigenvalue weighted by Gasteiger charge is -2.10. The second-order valence-electron chi connectivity index (χ2n) is 8.67. The van der Waals surface area contributed by atoms with Gasteiger partial charge in [-0.3, -0.25) is 4.79 Å². The molecule has 1 aromatic carbocycles. The van der Waals surface area contributed by atoms with Gasteiger partial charge in [0.2, 0.25) is 5.91 Å². The number of hydrogen-bond acceptors (Lipinski definition) is 2. The van der Waals surface area contributed by atoms with Crippen molar-refractivity contribution in [1.29, 1.82) is 5.26 Å². The Bertz CT molecular complexity index is 659. The maximum atomic E-state index is 12.3. The first-order valence-corrected chi connectivity index (χ1v) is 12.1. The molecule has 0 radical (unpaired) electrons. The van der Waals surface area contributed by atoms with Gasteiger partial charge in [-0.1, -0.05) is 84.0 Å². The molecule has 1 amide bonds. The summed E-state index contributed by atoms with van der Waals surface area (Å²) in [6.45, 7) is 2.27. The van der Waals surface area contributed by atoms with Crippen molar-refractivity contribution >= 4 is 11.6 Å². The molecule has 1 aliphatic carbocycles. The standard InChI is InChI=1S/C26H40N2O/c1-2-3-4-5-6-7-8-9-10-11-12-13-14-18-26(29)28-25-20-23-17-15-16-22(23)19-24(25)21-27/h19-20H,2-18H2,1H3,(H,28,29). The van der Waals surface area contributed by atoms with Gasteiger partial charge in [-0.25, -0.2) is 0 Å². The molecular formula is C26H40N2O. The Hall–Kier alpha value is -1.82. The molecule has 0 saturated heterocycles. The third-order valence-electron chi connectivity index (χ3n) is 6.13. The monoisotopic (exact) mass is 396 g/mol. The maximum Gasteiger partial charge on any atom is 0.224 e. The number of aryl methyl sites for hydroxylation is 2. The van der Waals surface area contributed by atoms with Gasteiger partial charge in [0, 0.05) is 6.42 Å². The molecule has 160 valence electrons. The number of carbonyl (C=O) groups is 1. The summed E-state index contributed by atoms with van der Waals surface area (Å²) in [7, 11) is 0. The van der Waals surface area contributed by atoms with Crippen LogP contribution in [0.2, 0.25) is 0 Å². The van der Waals surface area contributed by atoms with E-state index in [9.17, 15) is 10.1 Å². The Labute approximate surface area is 178 Å². The van der Waals surface area contributed by atoms with E-state index in [-0.39, 0.29) is 5.91 Å². The lowest BCUT2D eigenvalue weighted by molar-refractivity contribution is -0.116. The Morgan fingerprint density at radius 1 is 0.862 bits per heavy atom. The fraction of sp³-hybridized carbons (Fsp3) is 0.692. The molecule has 0 aromatic heterocycles. The van der Waals surface area contributed by atoms with Gasteiger partial charge < -0.3 is 5.32 Å². The molecule has 0 aliphatic heterocycles. The molecule has 1 aliphatic rings. The minimum atomic E-state index is 0.0440. The SMILES string of the molecule is CCCCCCCCCCCCCCCC(=O)Nc1cc2c(cc1C#N)CCC2. The van der Waals surface area contributed by atoms with Crippen LogP contribution in [0.4, 0.5) is 5.69 Å². The van der Waals surface area contributed by atoms with Crippen LogP contribution in [-0.4, -0.2) is 5.91 Å². The van der Waals surface area contributed by atoms with Gasteiger partial charge in [0.1, 0.15) is 6.07 Å². The number of benzene rings is 1. The highest BCUT2D eigenvalue weighted by molar-refractivity contribution is 5.92. The van der Waals surface area contributed by atoms with Gasteiger partial charge in [-0.2, -0.15) is 5.26 Å². The highest BCUT2D eigenvalue weighted by atomic mass is 16.1. The summed E-state index contributed by atoms with van der Waals surface area (Å²) in [5.74, 6) is 0.0440. The molecule has 3 nitrogen and oxygen atoms in total. The van der Waals surface area contributed by atoms with E-state index in [0.717, 1.165) is 32.1 Å². The summed E-state index contributed by atoms with van der Waals surface area (Å²) in [6.07, 6.45) is 20.8. The number of nitrogens with one attached hydrogen (secondary N) is 1. The number of unbranched alkanes of at least 4 members (excludes halogenated alkanes) is 12. The summed E-state index contributed by atoms with van der Waals surface area (Å²) in [4.78, 5) is 12.3. The van der Waals surface area contributed by atoms with Crippen LogP contribution in [0.3, 0.4) is 0 Å². The van der Waals surface area contributed by atoms with Gasteiger partial charge in [0.05, 0.1) is 11.3 Å². The number of hydrogen-bond donors (Lipinski definition) is 1. The van der Waals surface area contributed by atoms with Crippen LogP contribution in [0, 0.1) is 11.3 Å². The van der Waals surface area contributed by atoms with Gasteiger partial charge in [-0.15, -0.1) is 0 Å². The molecule has 0 unspecified atom stereocenters. The number of nitrogens with zero attached hydrogens (tertiary/aromatic N) is 1. The molecular weight excluding hydrogens is 356 g/mol. The molecule has 0 heterocycles. The van der Waals surface area contributed by atoms with Crippen molar-refractivity contribution in [3.05, 3.63) is 28.8 Å². The Kier molecular flexibility index (Phi) is 11.5. The van der Waals surface area contributed by atoms with E-state index in [1.807, 2.05) is 12.1 Å². The lowest BCUT2D eigenvalue weighted by atomic mass is 10.0. The van der Waals surface area contributed by atoms with E-state index in [1.165, 1.54) is 81.8 Å². The van der Waals surface area contributed by atoms with E-state index in [0.29, 0.717) is 17.7 Å². The molecule has 0 saturated carbocycles. The first-order valence-electron chi connectivity index (χ1n) is 12.1. The van der Waals surface area contributed by atoms with Crippen molar-refractivity contribution in [2.24, 2.45) is 0 Å². The molecule has 2 rings (SSSR count). The first-order chi connectivity index (χ1) is 14.2. The van der Waals surface area contributed by atoms with Crippen molar-refractivity contribution in [2.75, 3.05) is 5.32 Å². The normalized spacial score (nSPS) is 12.6. The molecule has 0 spiro atoms. The van der Waals surface area contributed by atoms with Crippen molar-refractivity contribution in [1.82, 2.24) is 0 Å². The summed E-state index contributed by atoms with van der Waals surface area (Å²) < 4.78 is 0. The molecule has 0 fully saturated rings. The zero-order chi connectivity index (χ0) is 20.7. The topological polar surface area (TPSA) is 52.9 Å². The first kappa shape index (κ1) is 23.5. The molecule has 29 heavy (non-hydrogen) atoms. The number of anilines is 1. The second kappa shape index (κ2) is 14.2. The van der Waals surface area contributed by atoms with Crippen molar-refractivity contribution < 1.29 is 4.79 Å². The van der Waals surface area contributed by atoms with Gasteiger partial charge in [0.15, 0.2) is 0 Å². The fourth-order valence-electron chi connectivity index (χ4n) is 4.34. The number of amides is 1. The summed E-state index contributed by atoms with van der Waals surface area (Å²) >= 11 is 0. The lowest BCUT2D eigenvalue weighted by Crippen LogP contribution is -2.12. The number of carbonyl (C=O) groups excluding carboxylic acids is 1. The van der Waals surface area contributed by atoms with E-state index < -0.39 is 0 Å². The Morgan fingerprint density at radius 3 is 1.93 bits per heavy atom. The average Bonchev–Trinajstić information content (AvgIpc) is 3.18. The number of nitriles is 1. The van der Waals surface area contributed by atoms with Crippen LogP contribution in [0.1, 0.15) is 120 Å². The quantitative estimate of drug-likeness (QED) is 0.313. The van der Waals surface area contributed by atoms with Crippen molar-refractivity contribution in [2.45, 2.75) is 116 Å². The third kappa shape index (κ3) is 9.03. The van der Waals surface area contributed by atoms with Crippen LogP contribution in [0.25, 0.3) is 0 Å². The van der Waals surface area contributed by atoms with Gasteiger partial charge in [-0.05, 0) is 48.9 Å². The Morgan fingerprint density at radius 2 is 1.38 bits per heavy atom. The van der Waals surface area contributed by atoms with Gasteiger partial charge >= 0.3 is 0 Å². The maximum absolute atomic E-state index is 12.3. The van der Waals surface area contributed by atoms with Crippen LogP contribution < -0.4 is 5.32 Å². The van der Waals surface area contributed by atoms with Crippen LogP contribution in [0.5, 0.6) is 0 Å². The molecule has 1 aromatic rings. The predicted molar refractivity (Wildman–Crippen MR) is 122 cm³/mol. The van der Waals surface area contributed by atoms with Crippen LogP contribution in [-0.2, 0) is 17.6 Å². The molecule has 0 bridgehead atoms. The van der Waals surface area contributed by atoms with Crippen molar-refractivity contribution in [3.63, 3.8) is 0 Å². The summed E-state index contributed by atoms with van der Waals surface area (Å²) in [6, 6.07) is 6.21. The van der Waals surface area contributed by atoms with Crippen molar-refractivity contribution in [3.8, 4) is 6.07 Å². The highest BCUT2D eigenvalue weighted by Gasteiger charge is 2.15. The minimum absolute atomic E-state index is 0.0440. The van der Waals surface area contributed by atoms with Crippen LogP contribution in [0.15, 0.2) is 12.1 Å². The minimum Gasteiger partial charge on any atom is -0.325 e. The largest absolute Gasteiger partial charge is 0.325 e. The summed E-state index contributed by atoms with van der Waals surface area (Å²) in [5.41, 5.74) is 3.87. The smallest absolute Gasteiger partial charge is 0.224 e. The van der Waals surface area contributed by atoms with E-state index >= 15 is 0 Å². The predicted octanol–water partition coefficient (Wildman–Crippen LogP) is 7.47. The molecule has 3 heteroatoms. The zero-order valence-corrected chi connectivity index (χ0v) is 18.5. The zero-order valence-electron chi connectivity index (χ0n) is 18.5. The number of rotatable bonds is 15. The van der Waals surface area contributed by atoms with E-state index in [4.69, 9.17) is 0 Å². The highest BCUT2D eigenvalue weighted by Crippen LogP contribution is 2.28. The Balaban J connectivity index is 1.49. The number of fused-ring (bicyclic) bond motifs is 1. The van der Waals surface area contributed by atoms with E-state index in [2.05, 4.69) is 18.3 Å². The van der Waals surface area contributed by atoms with Gasteiger partial charge in [0.25, 0.3) is 0 Å². The molecule has 1 N–H and O–H groups in total. The third-order valence-corrected chi connectivity index (χ3v) is 6.13. The van der Waals surface area contributed by atoms with Crippen LogP contribution >= 0.6 is 0 Å². The average molecular weight is 397 g/mol. The van der Waals surface area contributed by atoms with E-state index in [1.54, 1.807) is 0 Å². The second-order valence-corrected chi connectivity index (χ2v) is 8.67. The fourth-order valence-corrected chi connectivity index (χ4v) is 4.34. The molecule has 0 atom stereocenters. The summed E-state index contributed by atoms with van der Waals surface area (Å²) in [5, 5.41) is 12.3.